The van der Waals surface area contributed by atoms with Crippen LogP contribution in [0.5, 0.6) is 0 Å². The summed E-state index contributed by atoms with van der Waals surface area (Å²) in [5.41, 5.74) is -0.192. The van der Waals surface area contributed by atoms with Gasteiger partial charge in [0.1, 0.15) is 5.82 Å². The van der Waals surface area contributed by atoms with Gasteiger partial charge in [0.05, 0.1) is 0 Å². The molecule has 0 radical (unpaired) electrons. The van der Waals surface area contributed by atoms with E-state index in [1.807, 2.05) is 0 Å². The summed E-state index contributed by atoms with van der Waals surface area (Å²) in [6.07, 6.45) is 0. The fraction of sp³-hybridized carbons (Fsp3) is 0.125. The Balaban J connectivity index is 3.37. The molecule has 4 heteroatoms. The van der Waals surface area contributed by atoms with Crippen LogP contribution in [0, 0.1) is 17.5 Å². The van der Waals surface area contributed by atoms with Crippen LogP contribution in [0.2, 0.25) is 0 Å². The molecule has 0 atom stereocenters. The fourth-order valence-electron chi connectivity index (χ4n) is 0.812. The van der Waals surface area contributed by atoms with Crippen molar-refractivity contribution in [2.24, 2.45) is 0 Å². The molecule has 1 rings (SSSR count). The van der Waals surface area contributed by atoms with Gasteiger partial charge in [0.2, 0.25) is 0 Å². The molecule has 0 aliphatic heterocycles. The lowest BCUT2D eigenvalue weighted by Crippen LogP contribution is -1.99. The summed E-state index contributed by atoms with van der Waals surface area (Å²) in [7, 11) is 0. The number of hydrogen-bond donors (Lipinski definition) is 0. The zero-order valence-electron chi connectivity index (χ0n) is 6.20. The molecule has 0 amide bonds. The first kappa shape index (κ1) is 9.19. The molecule has 0 N–H and O–H groups in total. The van der Waals surface area contributed by atoms with E-state index in [0.29, 0.717) is 6.07 Å². The van der Waals surface area contributed by atoms with Gasteiger partial charge in [-0.15, -0.1) is 0 Å². The third-order valence-electron chi connectivity index (χ3n) is 1.37. The zero-order chi connectivity index (χ0) is 9.30. The predicted molar refractivity (Wildman–Crippen MR) is 43.7 cm³/mol. The molecule has 0 bridgehead atoms. The summed E-state index contributed by atoms with van der Waals surface area (Å²) in [6, 6.07) is 1.36. The third-order valence-corrected chi connectivity index (χ3v) is 1.59. The molecule has 0 unspecified atom stereocenters. The van der Waals surface area contributed by atoms with E-state index in [1.54, 1.807) is 0 Å². The van der Waals surface area contributed by atoms with Gasteiger partial charge in [0.25, 0.3) is 0 Å². The molecule has 0 nitrogen and oxygen atoms in total. The normalized spacial score (nSPS) is 10.0. The van der Waals surface area contributed by atoms with Crippen molar-refractivity contribution in [2.75, 3.05) is 0 Å². The zero-order valence-corrected chi connectivity index (χ0v) is 7.01. The smallest absolute Gasteiger partial charge is 0.167 e. The van der Waals surface area contributed by atoms with Crippen LogP contribution in [0.15, 0.2) is 12.1 Å². The molecule has 0 aliphatic rings. The molecule has 0 aromatic heterocycles. The third kappa shape index (κ3) is 1.64. The van der Waals surface area contributed by atoms with Crippen LogP contribution in [0.3, 0.4) is 0 Å². The van der Waals surface area contributed by atoms with E-state index < -0.39 is 17.5 Å². The Kier molecular flexibility index (Phi) is 2.47. The van der Waals surface area contributed by atoms with Gasteiger partial charge in [-0.3, -0.25) is 0 Å². The molecule has 0 aliphatic carbocycles. The Morgan fingerprint density at radius 3 is 2.33 bits per heavy atom. The summed E-state index contributed by atoms with van der Waals surface area (Å²) < 4.78 is 37.8. The monoisotopic (exact) mass is 190 g/mol. The van der Waals surface area contributed by atoms with Crippen molar-refractivity contribution in [3.05, 3.63) is 35.1 Å². The summed E-state index contributed by atoms with van der Waals surface area (Å²) in [6.45, 7) is 1.41. The molecule has 1 aromatic rings. The molecule has 0 spiro atoms. The Morgan fingerprint density at radius 2 is 1.83 bits per heavy atom. The van der Waals surface area contributed by atoms with Gasteiger partial charge >= 0.3 is 0 Å². The van der Waals surface area contributed by atoms with E-state index in [9.17, 15) is 13.2 Å². The highest BCUT2D eigenvalue weighted by molar-refractivity contribution is 7.80. The van der Waals surface area contributed by atoms with Gasteiger partial charge in [-0.25, -0.2) is 13.2 Å². The second-order valence-corrected chi connectivity index (χ2v) is 2.92. The van der Waals surface area contributed by atoms with Gasteiger partial charge in [0, 0.05) is 16.5 Å². The van der Waals surface area contributed by atoms with Crippen LogP contribution < -0.4 is 0 Å². The van der Waals surface area contributed by atoms with Crippen molar-refractivity contribution in [2.45, 2.75) is 6.92 Å². The maximum Gasteiger partial charge on any atom is 0.167 e. The first-order chi connectivity index (χ1) is 5.52. The molecule has 12 heavy (non-hydrogen) atoms. The molecule has 0 heterocycles. The summed E-state index contributed by atoms with van der Waals surface area (Å²) in [4.78, 5) is 0.130. The largest absolute Gasteiger partial charge is 0.207 e. The Labute approximate surface area is 73.0 Å². The lowest BCUT2D eigenvalue weighted by molar-refractivity contribution is 0.493. The van der Waals surface area contributed by atoms with Crippen molar-refractivity contribution in [3.8, 4) is 0 Å². The highest BCUT2D eigenvalue weighted by Gasteiger charge is 2.11. The molecule has 0 fully saturated rings. The van der Waals surface area contributed by atoms with Gasteiger partial charge in [-0.1, -0.05) is 12.2 Å². The first-order valence-electron chi connectivity index (χ1n) is 3.18. The number of rotatable bonds is 1. The van der Waals surface area contributed by atoms with Crippen molar-refractivity contribution in [1.82, 2.24) is 0 Å². The van der Waals surface area contributed by atoms with Crippen LogP contribution in [-0.4, -0.2) is 4.86 Å². The SMILES string of the molecule is CC(=S)c1cc(F)cc(F)c1F. The highest BCUT2D eigenvalue weighted by atomic mass is 32.1. The number of thiocarbonyl (C=S) groups is 1. The lowest BCUT2D eigenvalue weighted by Gasteiger charge is -2.01. The predicted octanol–water partition coefficient (Wildman–Crippen LogP) is 2.84. The minimum Gasteiger partial charge on any atom is -0.207 e. The van der Waals surface area contributed by atoms with Crippen molar-refractivity contribution >= 4 is 17.1 Å². The van der Waals surface area contributed by atoms with E-state index in [-0.39, 0.29) is 10.4 Å². The molecule has 1 aromatic carbocycles. The maximum absolute atomic E-state index is 12.8. The topological polar surface area (TPSA) is 0 Å². The van der Waals surface area contributed by atoms with Crippen molar-refractivity contribution in [3.63, 3.8) is 0 Å². The molecular weight excluding hydrogens is 185 g/mol. The molecule has 0 saturated heterocycles. The Morgan fingerprint density at radius 1 is 1.25 bits per heavy atom. The van der Waals surface area contributed by atoms with E-state index in [0.717, 1.165) is 6.07 Å². The van der Waals surface area contributed by atoms with Crippen LogP contribution in [-0.2, 0) is 0 Å². The minimum atomic E-state index is -1.21. The number of halogens is 3. The van der Waals surface area contributed by atoms with E-state index in [2.05, 4.69) is 12.2 Å². The lowest BCUT2D eigenvalue weighted by atomic mass is 10.1. The van der Waals surface area contributed by atoms with Crippen LogP contribution >= 0.6 is 12.2 Å². The van der Waals surface area contributed by atoms with Crippen LogP contribution in [0.4, 0.5) is 13.2 Å². The Hall–Kier alpha value is -0.900. The number of hydrogen-bond acceptors (Lipinski definition) is 1. The van der Waals surface area contributed by atoms with Crippen LogP contribution in [0.1, 0.15) is 12.5 Å². The number of benzene rings is 1. The average Bonchev–Trinajstić information content (AvgIpc) is 1.96. The fourth-order valence-corrected chi connectivity index (χ4v) is 0.961. The molecular formula is C8H5F3S. The summed E-state index contributed by atoms with van der Waals surface area (Å²) in [5, 5.41) is 0. The summed E-state index contributed by atoms with van der Waals surface area (Å²) in [5.74, 6) is -3.13. The quantitative estimate of drug-likeness (QED) is 0.373. The van der Waals surface area contributed by atoms with Gasteiger partial charge in [0.15, 0.2) is 11.6 Å². The average molecular weight is 190 g/mol. The second kappa shape index (κ2) is 3.23. The second-order valence-electron chi connectivity index (χ2n) is 2.31. The maximum atomic E-state index is 12.8. The van der Waals surface area contributed by atoms with Crippen molar-refractivity contribution < 1.29 is 13.2 Å². The Bertz CT molecular complexity index is 333. The first-order valence-corrected chi connectivity index (χ1v) is 3.58. The van der Waals surface area contributed by atoms with Gasteiger partial charge < -0.3 is 0 Å². The van der Waals surface area contributed by atoms with E-state index in [4.69, 9.17) is 0 Å². The van der Waals surface area contributed by atoms with E-state index >= 15 is 0 Å². The highest BCUT2D eigenvalue weighted by Crippen LogP contribution is 2.14. The van der Waals surface area contributed by atoms with Crippen LogP contribution in [0.25, 0.3) is 0 Å². The van der Waals surface area contributed by atoms with Gasteiger partial charge in [-0.05, 0) is 13.0 Å². The van der Waals surface area contributed by atoms with Gasteiger partial charge in [-0.2, -0.15) is 0 Å². The van der Waals surface area contributed by atoms with E-state index in [1.165, 1.54) is 6.92 Å². The standard InChI is InChI=1S/C8H5F3S/c1-4(12)6-2-5(9)3-7(10)8(6)11/h2-3H,1H3. The molecule has 0 saturated carbocycles. The minimum absolute atomic E-state index is 0.130. The van der Waals surface area contributed by atoms with Crippen molar-refractivity contribution in [1.29, 1.82) is 0 Å². The molecule has 64 valence electrons. The summed E-state index contributed by atoms with van der Waals surface area (Å²) >= 11 is 4.60.